The predicted molar refractivity (Wildman–Crippen MR) is 108 cm³/mol. The van der Waals surface area contributed by atoms with Crippen molar-refractivity contribution in [2.75, 3.05) is 13.1 Å². The normalized spacial score (nSPS) is 46.0. The highest BCUT2D eigenvalue weighted by Gasteiger charge is 2.66. The molecule has 0 radical (unpaired) electrons. The summed E-state index contributed by atoms with van der Waals surface area (Å²) in [6.45, 7) is 5.33. The van der Waals surface area contributed by atoms with Gasteiger partial charge in [0.05, 0.1) is 0 Å². The van der Waals surface area contributed by atoms with Crippen LogP contribution < -0.4 is 11.1 Å². The van der Waals surface area contributed by atoms with Gasteiger partial charge in [-0.25, -0.2) is 0 Å². The molecule has 4 bridgehead atoms. The van der Waals surface area contributed by atoms with Crippen LogP contribution in [-0.4, -0.2) is 30.6 Å². The second kappa shape index (κ2) is 7.18. The lowest BCUT2D eigenvalue weighted by atomic mass is 9.53. The van der Waals surface area contributed by atoms with Crippen LogP contribution in [0, 0.1) is 35.0 Å². The highest BCUT2D eigenvalue weighted by atomic mass is 17.3. The molecule has 6 aliphatic rings. The number of rotatable bonds is 5. The molecule has 1 heterocycles. The Labute approximate surface area is 174 Å². The first-order valence-corrected chi connectivity index (χ1v) is 11.9. The van der Waals surface area contributed by atoms with E-state index >= 15 is 0 Å². The maximum Gasteiger partial charge on any atom is 0.220 e. The van der Waals surface area contributed by atoms with E-state index in [4.69, 9.17) is 20.2 Å². The fraction of sp³-hybridized carbons (Fsp3) is 0.957. The molecular weight excluding hydrogens is 368 g/mol. The van der Waals surface area contributed by atoms with E-state index < -0.39 is 11.6 Å². The van der Waals surface area contributed by atoms with Gasteiger partial charge in [-0.1, -0.05) is 13.8 Å². The van der Waals surface area contributed by atoms with Gasteiger partial charge in [0.25, 0.3) is 0 Å². The van der Waals surface area contributed by atoms with E-state index in [1.807, 2.05) is 0 Å². The van der Waals surface area contributed by atoms with E-state index in [2.05, 4.69) is 19.2 Å². The number of nitrogens with two attached hydrogens (primary N) is 1. The maximum atomic E-state index is 12.5. The summed E-state index contributed by atoms with van der Waals surface area (Å²) < 4.78 is 6.81. The zero-order chi connectivity index (χ0) is 20.3. The lowest BCUT2D eigenvalue weighted by Gasteiger charge is -2.57. The molecule has 0 aromatic carbocycles. The number of carbonyl (C=O) groups excluding carboxylic acids is 1. The number of hydrogen-bond acceptors (Lipinski definition) is 5. The fourth-order valence-electron chi connectivity index (χ4n) is 7.00. The van der Waals surface area contributed by atoms with Crippen LogP contribution >= 0.6 is 0 Å². The molecule has 29 heavy (non-hydrogen) atoms. The van der Waals surface area contributed by atoms with Gasteiger partial charge in [-0.05, 0) is 74.7 Å². The average molecular weight is 407 g/mol. The zero-order valence-corrected chi connectivity index (χ0v) is 18.1. The average Bonchev–Trinajstić information content (AvgIpc) is 3.04. The van der Waals surface area contributed by atoms with Gasteiger partial charge in [0.15, 0.2) is 0 Å². The van der Waals surface area contributed by atoms with Crippen LogP contribution in [0.4, 0.5) is 0 Å². The van der Waals surface area contributed by atoms with Crippen molar-refractivity contribution in [3.05, 3.63) is 0 Å². The Kier molecular flexibility index (Phi) is 5.01. The fourth-order valence-corrected chi connectivity index (χ4v) is 7.00. The third-order valence-electron chi connectivity index (χ3n) is 8.51. The van der Waals surface area contributed by atoms with Crippen molar-refractivity contribution in [2.24, 2.45) is 40.7 Å². The third kappa shape index (κ3) is 3.64. The van der Waals surface area contributed by atoms with Gasteiger partial charge in [0, 0.05) is 37.6 Å². The Hall–Kier alpha value is -0.690. The Morgan fingerprint density at radius 1 is 1.10 bits per heavy atom. The second-order valence-electron chi connectivity index (χ2n) is 11.5. The Bertz CT molecular complexity index is 623. The third-order valence-corrected chi connectivity index (χ3v) is 8.51. The van der Waals surface area contributed by atoms with E-state index in [0.717, 1.165) is 37.5 Å². The first kappa shape index (κ1) is 20.2. The highest BCUT2D eigenvalue weighted by Crippen LogP contribution is 2.64. The quantitative estimate of drug-likeness (QED) is 0.683. The first-order chi connectivity index (χ1) is 13.8. The summed E-state index contributed by atoms with van der Waals surface area (Å²) in [4.78, 5) is 24.7. The molecule has 2 atom stereocenters. The van der Waals surface area contributed by atoms with Gasteiger partial charge in [-0.3, -0.25) is 4.79 Å². The van der Waals surface area contributed by atoms with Gasteiger partial charge in [-0.2, -0.15) is 9.78 Å². The molecule has 6 rings (SSSR count). The molecule has 1 saturated heterocycles. The number of amides is 1. The SMILES string of the molecule is CC(C)(CN)CNC(=O)CC1CCC[C@]2(C1)OOC1(O2)C2CC3CC(C2)CC1C3. The van der Waals surface area contributed by atoms with Crippen molar-refractivity contribution < 1.29 is 19.3 Å². The van der Waals surface area contributed by atoms with Crippen molar-refractivity contribution in [2.45, 2.75) is 89.6 Å². The maximum absolute atomic E-state index is 12.5. The van der Waals surface area contributed by atoms with E-state index in [1.54, 1.807) is 0 Å². The molecule has 6 heteroatoms. The summed E-state index contributed by atoms with van der Waals surface area (Å²) in [7, 11) is 0. The molecule has 0 aromatic heterocycles. The van der Waals surface area contributed by atoms with Gasteiger partial charge in [0.1, 0.15) is 0 Å². The standard InChI is InChI=1S/C23H38N2O4/c1-21(2,13-24)14-25-20(26)11-15-4-3-5-22(12-15)27-23(29-28-22)18-7-16-6-17(9-18)10-19(23)8-16/h15-19H,3-14,24H2,1-2H3,(H,25,26)/t15?,16?,17?,18?,19?,22-,23?/m1/s1. The molecule has 2 spiro atoms. The molecule has 6 nitrogen and oxygen atoms in total. The number of hydrogen-bond donors (Lipinski definition) is 2. The van der Waals surface area contributed by atoms with Crippen LogP contribution in [0.1, 0.15) is 78.1 Å². The molecule has 1 unspecified atom stereocenters. The number of carbonyl (C=O) groups is 1. The predicted octanol–water partition coefficient (Wildman–Crippen LogP) is 3.49. The van der Waals surface area contributed by atoms with Crippen LogP contribution in [-0.2, 0) is 19.3 Å². The Morgan fingerprint density at radius 2 is 1.79 bits per heavy atom. The first-order valence-electron chi connectivity index (χ1n) is 11.9. The molecule has 6 fully saturated rings. The molecule has 5 aliphatic carbocycles. The van der Waals surface area contributed by atoms with Crippen LogP contribution in [0.5, 0.6) is 0 Å². The summed E-state index contributed by atoms with van der Waals surface area (Å²) in [5.41, 5.74) is 5.71. The lowest BCUT2D eigenvalue weighted by molar-refractivity contribution is -0.390. The minimum Gasteiger partial charge on any atom is -0.356 e. The Balaban J connectivity index is 1.21. The summed E-state index contributed by atoms with van der Waals surface area (Å²) in [5.74, 6) is 1.94. The van der Waals surface area contributed by atoms with Crippen LogP contribution in [0.25, 0.3) is 0 Å². The van der Waals surface area contributed by atoms with Gasteiger partial charge >= 0.3 is 0 Å². The molecule has 164 valence electrons. The molecule has 3 N–H and O–H groups in total. The van der Waals surface area contributed by atoms with E-state index in [9.17, 15) is 4.79 Å². The lowest BCUT2D eigenvalue weighted by Crippen LogP contribution is -2.59. The summed E-state index contributed by atoms with van der Waals surface area (Å²) in [5, 5.41) is 3.07. The molecule has 0 aromatic rings. The second-order valence-corrected chi connectivity index (χ2v) is 11.5. The van der Waals surface area contributed by atoms with Crippen molar-refractivity contribution in [3.8, 4) is 0 Å². The minimum atomic E-state index is -0.644. The zero-order valence-electron chi connectivity index (χ0n) is 18.1. The van der Waals surface area contributed by atoms with E-state index in [1.165, 1.54) is 32.1 Å². The summed E-state index contributed by atoms with van der Waals surface area (Å²) >= 11 is 0. The van der Waals surface area contributed by atoms with Gasteiger partial charge < -0.3 is 15.8 Å². The molecular formula is C23H38N2O4. The minimum absolute atomic E-state index is 0.0686. The topological polar surface area (TPSA) is 82.8 Å². The van der Waals surface area contributed by atoms with Crippen molar-refractivity contribution in [1.29, 1.82) is 0 Å². The highest BCUT2D eigenvalue weighted by molar-refractivity contribution is 5.76. The molecule has 1 amide bonds. The van der Waals surface area contributed by atoms with Gasteiger partial charge in [0.2, 0.25) is 17.5 Å². The number of ether oxygens (including phenoxy) is 1. The molecule has 1 aliphatic heterocycles. The van der Waals surface area contributed by atoms with E-state index in [0.29, 0.717) is 31.3 Å². The van der Waals surface area contributed by atoms with E-state index in [-0.39, 0.29) is 17.2 Å². The molecule has 5 saturated carbocycles. The van der Waals surface area contributed by atoms with Crippen molar-refractivity contribution in [3.63, 3.8) is 0 Å². The van der Waals surface area contributed by atoms with Crippen molar-refractivity contribution >= 4 is 5.91 Å². The van der Waals surface area contributed by atoms with Crippen molar-refractivity contribution in [1.82, 2.24) is 5.32 Å². The van der Waals surface area contributed by atoms with Gasteiger partial charge in [-0.15, -0.1) is 0 Å². The number of nitrogens with one attached hydrogen (secondary N) is 1. The van der Waals surface area contributed by atoms with Crippen LogP contribution in [0.3, 0.4) is 0 Å². The monoisotopic (exact) mass is 406 g/mol. The van der Waals surface area contributed by atoms with Crippen LogP contribution in [0.2, 0.25) is 0 Å². The Morgan fingerprint density at radius 3 is 2.45 bits per heavy atom. The largest absolute Gasteiger partial charge is 0.356 e. The summed E-state index contributed by atoms with van der Waals surface area (Å²) in [6, 6.07) is 0. The smallest absolute Gasteiger partial charge is 0.220 e. The van der Waals surface area contributed by atoms with Crippen LogP contribution in [0.15, 0.2) is 0 Å². The summed E-state index contributed by atoms with van der Waals surface area (Å²) in [6.07, 6.45) is 10.6.